The quantitative estimate of drug-likeness (QED) is 0.658. The van der Waals surface area contributed by atoms with E-state index in [2.05, 4.69) is 10.6 Å². The Morgan fingerprint density at radius 2 is 2.06 bits per heavy atom. The summed E-state index contributed by atoms with van der Waals surface area (Å²) in [5.74, 6) is 0.0139. The van der Waals surface area contributed by atoms with E-state index in [1.807, 2.05) is 0 Å². The maximum atomic E-state index is 12.0. The van der Waals surface area contributed by atoms with Gasteiger partial charge in [-0.25, -0.2) is 0 Å². The second-order valence-corrected chi connectivity index (χ2v) is 4.88. The van der Waals surface area contributed by atoms with E-state index in [0.29, 0.717) is 19.4 Å². The van der Waals surface area contributed by atoms with Crippen LogP contribution in [-0.2, 0) is 9.59 Å². The molecule has 1 saturated heterocycles. The van der Waals surface area contributed by atoms with Crippen molar-refractivity contribution in [2.24, 2.45) is 5.73 Å². The first-order valence-corrected chi connectivity index (χ1v) is 5.97. The van der Waals surface area contributed by atoms with Crippen LogP contribution in [0.25, 0.3) is 0 Å². The van der Waals surface area contributed by atoms with Gasteiger partial charge in [0.05, 0.1) is 5.54 Å². The number of nitrogens with one attached hydrogen (secondary N) is 2. The Morgan fingerprint density at radius 1 is 1.41 bits per heavy atom. The monoisotopic (exact) mass is 261 g/mol. The van der Waals surface area contributed by atoms with E-state index < -0.39 is 5.54 Å². The Balaban J connectivity index is 0.00000144. The fourth-order valence-electron chi connectivity index (χ4n) is 2.42. The van der Waals surface area contributed by atoms with Crippen LogP contribution in [-0.4, -0.2) is 29.9 Å². The summed E-state index contributed by atoms with van der Waals surface area (Å²) in [6.45, 7) is 0.528. The number of rotatable bonds is 2. The fourth-order valence-corrected chi connectivity index (χ4v) is 2.42. The van der Waals surface area contributed by atoms with Gasteiger partial charge in [-0.2, -0.15) is 0 Å². The van der Waals surface area contributed by atoms with Crippen molar-refractivity contribution in [1.29, 1.82) is 0 Å². The molecule has 2 aliphatic rings. The lowest BCUT2D eigenvalue weighted by Crippen LogP contribution is -2.57. The zero-order valence-electron chi connectivity index (χ0n) is 9.83. The first-order valence-electron chi connectivity index (χ1n) is 5.97. The predicted octanol–water partition coefficient (Wildman–Crippen LogP) is 0.0745. The number of amides is 2. The average Bonchev–Trinajstić information content (AvgIpc) is 2.70. The highest BCUT2D eigenvalue weighted by Gasteiger charge is 2.38. The maximum Gasteiger partial charge on any atom is 0.240 e. The normalized spacial score (nSPS) is 26.9. The molecule has 0 aromatic rings. The van der Waals surface area contributed by atoms with Gasteiger partial charge in [0.1, 0.15) is 0 Å². The molecule has 1 unspecified atom stereocenters. The highest BCUT2D eigenvalue weighted by molar-refractivity contribution is 5.87. The third-order valence-electron chi connectivity index (χ3n) is 3.55. The summed E-state index contributed by atoms with van der Waals surface area (Å²) in [6, 6.07) is 0.0474. The Labute approximate surface area is 107 Å². The van der Waals surface area contributed by atoms with Gasteiger partial charge in [0.2, 0.25) is 11.8 Å². The maximum absolute atomic E-state index is 12.0. The minimum atomic E-state index is -0.665. The van der Waals surface area contributed by atoms with Crippen LogP contribution in [0.15, 0.2) is 0 Å². The molecule has 2 fully saturated rings. The van der Waals surface area contributed by atoms with E-state index in [1.165, 1.54) is 0 Å². The van der Waals surface area contributed by atoms with Gasteiger partial charge in [-0.05, 0) is 19.3 Å². The standard InChI is InChI=1S/C11H19N3O2.ClH/c12-11(5-1-2-6-11)10(16)14-8-3-4-9(15)13-7-8;/h8H,1-7,12H2,(H,13,15)(H,14,16);1H. The molecule has 98 valence electrons. The van der Waals surface area contributed by atoms with Crippen LogP contribution < -0.4 is 16.4 Å². The molecule has 0 radical (unpaired) electrons. The molecule has 0 bridgehead atoms. The number of carbonyl (C=O) groups is 2. The van der Waals surface area contributed by atoms with Gasteiger partial charge in [-0.1, -0.05) is 12.8 Å². The second-order valence-electron chi connectivity index (χ2n) is 4.88. The van der Waals surface area contributed by atoms with E-state index >= 15 is 0 Å². The highest BCUT2D eigenvalue weighted by atomic mass is 35.5. The number of hydrogen-bond donors (Lipinski definition) is 3. The van der Waals surface area contributed by atoms with E-state index in [-0.39, 0.29) is 30.3 Å². The van der Waals surface area contributed by atoms with Crippen molar-refractivity contribution in [3.8, 4) is 0 Å². The smallest absolute Gasteiger partial charge is 0.240 e. The molecule has 0 spiro atoms. The summed E-state index contributed by atoms with van der Waals surface area (Å²) in [5, 5.41) is 5.69. The van der Waals surface area contributed by atoms with E-state index in [9.17, 15) is 9.59 Å². The number of nitrogens with two attached hydrogens (primary N) is 1. The Bertz CT molecular complexity index is 293. The lowest BCUT2D eigenvalue weighted by atomic mass is 9.96. The summed E-state index contributed by atoms with van der Waals surface area (Å²) < 4.78 is 0. The summed E-state index contributed by atoms with van der Waals surface area (Å²) in [4.78, 5) is 22.9. The van der Waals surface area contributed by atoms with Crippen LogP contribution in [0.5, 0.6) is 0 Å². The van der Waals surface area contributed by atoms with Crippen LogP contribution in [0, 0.1) is 0 Å². The number of hydrogen-bond acceptors (Lipinski definition) is 3. The molecule has 5 nitrogen and oxygen atoms in total. The van der Waals surface area contributed by atoms with Crippen LogP contribution >= 0.6 is 12.4 Å². The van der Waals surface area contributed by atoms with Crippen molar-refractivity contribution >= 4 is 24.2 Å². The summed E-state index contributed by atoms with van der Waals surface area (Å²) in [5.41, 5.74) is 5.38. The first-order chi connectivity index (χ1) is 7.60. The molecule has 0 aromatic carbocycles. The van der Waals surface area contributed by atoms with Crippen molar-refractivity contribution in [3.63, 3.8) is 0 Å². The number of piperidine rings is 1. The molecule has 1 heterocycles. The molecule has 17 heavy (non-hydrogen) atoms. The van der Waals surface area contributed by atoms with Crippen molar-refractivity contribution in [3.05, 3.63) is 0 Å². The van der Waals surface area contributed by atoms with Gasteiger partial charge in [-0.3, -0.25) is 9.59 Å². The predicted molar refractivity (Wildman–Crippen MR) is 66.8 cm³/mol. The summed E-state index contributed by atoms with van der Waals surface area (Å²) in [7, 11) is 0. The topological polar surface area (TPSA) is 84.2 Å². The summed E-state index contributed by atoms with van der Waals surface area (Å²) >= 11 is 0. The molecule has 6 heteroatoms. The second kappa shape index (κ2) is 5.69. The van der Waals surface area contributed by atoms with Gasteiger partial charge in [0, 0.05) is 19.0 Å². The molecular formula is C11H20ClN3O2. The van der Waals surface area contributed by atoms with Crippen LogP contribution in [0.1, 0.15) is 38.5 Å². The van der Waals surface area contributed by atoms with Crippen molar-refractivity contribution < 1.29 is 9.59 Å². The zero-order valence-corrected chi connectivity index (χ0v) is 10.6. The SMILES string of the molecule is Cl.NC1(C(=O)NC2CCC(=O)NC2)CCCC1. The molecule has 0 aromatic heterocycles. The average molecular weight is 262 g/mol. The molecular weight excluding hydrogens is 242 g/mol. The minimum absolute atomic E-state index is 0. The van der Waals surface area contributed by atoms with Crippen LogP contribution in [0.2, 0.25) is 0 Å². The van der Waals surface area contributed by atoms with Gasteiger partial charge >= 0.3 is 0 Å². The van der Waals surface area contributed by atoms with Crippen molar-refractivity contribution in [1.82, 2.24) is 10.6 Å². The van der Waals surface area contributed by atoms with Gasteiger partial charge < -0.3 is 16.4 Å². The molecule has 1 saturated carbocycles. The lowest BCUT2D eigenvalue weighted by molar-refractivity contribution is -0.128. The van der Waals surface area contributed by atoms with Gasteiger partial charge in [0.25, 0.3) is 0 Å². The largest absolute Gasteiger partial charge is 0.354 e. The Kier molecular flexibility index (Phi) is 4.77. The first kappa shape index (κ1) is 14.3. The number of halogens is 1. The summed E-state index contributed by atoms with van der Waals surface area (Å²) in [6.07, 6.45) is 4.82. The third kappa shape index (κ3) is 3.33. The third-order valence-corrected chi connectivity index (χ3v) is 3.55. The van der Waals surface area contributed by atoms with Crippen LogP contribution in [0.4, 0.5) is 0 Å². The molecule has 1 aliphatic heterocycles. The number of carbonyl (C=O) groups excluding carboxylic acids is 2. The molecule has 1 aliphatic carbocycles. The lowest BCUT2D eigenvalue weighted by Gasteiger charge is -2.28. The molecule has 2 rings (SSSR count). The van der Waals surface area contributed by atoms with Crippen molar-refractivity contribution in [2.45, 2.75) is 50.1 Å². The van der Waals surface area contributed by atoms with Gasteiger partial charge in [-0.15, -0.1) is 12.4 Å². The Morgan fingerprint density at radius 3 is 2.59 bits per heavy atom. The molecule has 4 N–H and O–H groups in total. The fraction of sp³-hybridized carbons (Fsp3) is 0.818. The van der Waals surface area contributed by atoms with E-state index in [0.717, 1.165) is 25.7 Å². The van der Waals surface area contributed by atoms with Crippen LogP contribution in [0.3, 0.4) is 0 Å². The van der Waals surface area contributed by atoms with E-state index in [1.54, 1.807) is 0 Å². The Hall–Kier alpha value is -0.810. The van der Waals surface area contributed by atoms with E-state index in [4.69, 9.17) is 5.73 Å². The van der Waals surface area contributed by atoms with Gasteiger partial charge in [0.15, 0.2) is 0 Å². The minimum Gasteiger partial charge on any atom is -0.354 e. The van der Waals surface area contributed by atoms with Crippen molar-refractivity contribution in [2.75, 3.05) is 6.54 Å². The molecule has 1 atom stereocenters. The highest BCUT2D eigenvalue weighted by Crippen LogP contribution is 2.27. The molecule has 2 amide bonds. The zero-order chi connectivity index (χ0) is 11.6.